The third kappa shape index (κ3) is 2.22. The fourth-order valence-electron chi connectivity index (χ4n) is 2.49. The first kappa shape index (κ1) is 10.8. The van der Waals surface area contributed by atoms with Crippen LogP contribution >= 0.6 is 0 Å². The fraction of sp³-hybridized carbons (Fsp3) is 0.467. The van der Waals surface area contributed by atoms with Gasteiger partial charge in [-0.15, -0.1) is 0 Å². The van der Waals surface area contributed by atoms with Crippen LogP contribution in [-0.4, -0.2) is 6.04 Å². The summed E-state index contributed by atoms with van der Waals surface area (Å²) in [6.45, 7) is 3.12. The van der Waals surface area contributed by atoms with Gasteiger partial charge in [-0.3, -0.25) is 0 Å². The summed E-state index contributed by atoms with van der Waals surface area (Å²) in [6, 6.07) is 10.9. The number of para-hydroxylation sites is 1. The van der Waals surface area contributed by atoms with Gasteiger partial charge in [-0.05, 0) is 37.8 Å². The largest absolute Gasteiger partial charge is 0.460 e. The van der Waals surface area contributed by atoms with Crippen LogP contribution in [-0.2, 0) is 6.54 Å². The molecule has 0 saturated heterocycles. The summed E-state index contributed by atoms with van der Waals surface area (Å²) in [5.74, 6) is 1.91. The zero-order valence-corrected chi connectivity index (χ0v) is 10.3. The van der Waals surface area contributed by atoms with Crippen molar-refractivity contribution in [3.63, 3.8) is 0 Å². The van der Waals surface area contributed by atoms with Gasteiger partial charge in [-0.25, -0.2) is 0 Å². The maximum atomic E-state index is 5.79. The summed E-state index contributed by atoms with van der Waals surface area (Å²) in [5.41, 5.74) is 0.987. The minimum Gasteiger partial charge on any atom is -0.460 e. The van der Waals surface area contributed by atoms with E-state index in [1.807, 2.05) is 18.2 Å². The van der Waals surface area contributed by atoms with Crippen molar-refractivity contribution in [3.8, 4) is 0 Å². The Morgan fingerprint density at radius 1 is 1.35 bits per heavy atom. The lowest BCUT2D eigenvalue weighted by atomic mass is 9.80. The first-order chi connectivity index (χ1) is 8.33. The molecule has 1 N–H and O–H groups in total. The lowest BCUT2D eigenvalue weighted by Gasteiger charge is -2.31. The summed E-state index contributed by atoms with van der Waals surface area (Å²) in [4.78, 5) is 0. The molecule has 1 aromatic heterocycles. The highest BCUT2D eigenvalue weighted by molar-refractivity contribution is 5.77. The molecule has 2 heteroatoms. The smallest absolute Gasteiger partial charge is 0.134 e. The van der Waals surface area contributed by atoms with Gasteiger partial charge in [0.15, 0.2) is 0 Å². The summed E-state index contributed by atoms with van der Waals surface area (Å²) in [6.07, 6.45) is 4.17. The molecule has 1 atom stereocenters. The Hall–Kier alpha value is -1.28. The molecule has 90 valence electrons. The van der Waals surface area contributed by atoms with Crippen molar-refractivity contribution in [1.29, 1.82) is 0 Å². The third-order valence-corrected chi connectivity index (χ3v) is 3.93. The molecule has 1 heterocycles. The lowest BCUT2D eigenvalue weighted by Crippen LogP contribution is -2.36. The van der Waals surface area contributed by atoms with Crippen molar-refractivity contribution in [2.75, 3.05) is 0 Å². The molecule has 17 heavy (non-hydrogen) atoms. The Bertz CT molecular complexity index is 465. The number of nitrogens with one attached hydrogen (secondary N) is 1. The van der Waals surface area contributed by atoms with Crippen LogP contribution in [0.4, 0.5) is 0 Å². The van der Waals surface area contributed by atoms with Crippen LogP contribution in [0.3, 0.4) is 0 Å². The van der Waals surface area contributed by atoms with Crippen molar-refractivity contribution in [2.45, 2.75) is 38.8 Å². The van der Waals surface area contributed by atoms with Crippen LogP contribution in [0.25, 0.3) is 11.0 Å². The Balaban J connectivity index is 1.64. The SMILES string of the molecule is CC(NCc1cc2ccccc2o1)C1CCC1. The number of benzene rings is 1. The molecule has 1 fully saturated rings. The summed E-state index contributed by atoms with van der Waals surface area (Å²) >= 11 is 0. The fourth-order valence-corrected chi connectivity index (χ4v) is 2.49. The Morgan fingerprint density at radius 3 is 2.88 bits per heavy atom. The predicted molar refractivity (Wildman–Crippen MR) is 69.9 cm³/mol. The van der Waals surface area contributed by atoms with E-state index < -0.39 is 0 Å². The molecular weight excluding hydrogens is 210 g/mol. The molecule has 2 nitrogen and oxygen atoms in total. The molecule has 0 bridgehead atoms. The lowest BCUT2D eigenvalue weighted by molar-refractivity contribution is 0.237. The molecule has 3 rings (SSSR count). The minimum absolute atomic E-state index is 0.608. The number of fused-ring (bicyclic) bond motifs is 1. The van der Waals surface area contributed by atoms with Crippen LogP contribution in [0.1, 0.15) is 31.9 Å². The van der Waals surface area contributed by atoms with Gasteiger partial charge in [0.05, 0.1) is 6.54 Å². The maximum absolute atomic E-state index is 5.79. The standard InChI is InChI=1S/C15H19NO/c1-11(12-6-4-7-12)16-10-14-9-13-5-2-3-8-15(13)17-14/h2-3,5,8-9,11-12,16H,4,6-7,10H2,1H3. The Kier molecular flexibility index (Phi) is 2.89. The Labute approximate surface area is 102 Å². The first-order valence-corrected chi connectivity index (χ1v) is 6.54. The van der Waals surface area contributed by atoms with Gasteiger partial charge in [-0.2, -0.15) is 0 Å². The monoisotopic (exact) mass is 229 g/mol. The van der Waals surface area contributed by atoms with E-state index in [0.29, 0.717) is 6.04 Å². The molecule has 1 saturated carbocycles. The Morgan fingerprint density at radius 2 is 2.18 bits per heavy atom. The van der Waals surface area contributed by atoms with Gasteiger partial charge in [0.25, 0.3) is 0 Å². The highest BCUT2D eigenvalue weighted by Crippen LogP contribution is 2.29. The van der Waals surface area contributed by atoms with E-state index in [2.05, 4.69) is 24.4 Å². The van der Waals surface area contributed by atoms with Crippen LogP contribution in [0.2, 0.25) is 0 Å². The number of furan rings is 1. The van der Waals surface area contributed by atoms with E-state index in [9.17, 15) is 0 Å². The summed E-state index contributed by atoms with van der Waals surface area (Å²) < 4.78 is 5.79. The van der Waals surface area contributed by atoms with Gasteiger partial charge in [-0.1, -0.05) is 24.6 Å². The molecule has 2 aromatic rings. The maximum Gasteiger partial charge on any atom is 0.134 e. The second kappa shape index (κ2) is 4.53. The van der Waals surface area contributed by atoms with Crippen molar-refractivity contribution in [1.82, 2.24) is 5.32 Å². The molecular formula is C15H19NO. The van der Waals surface area contributed by atoms with Crippen molar-refractivity contribution < 1.29 is 4.42 Å². The third-order valence-electron chi connectivity index (χ3n) is 3.93. The molecule has 1 aliphatic carbocycles. The predicted octanol–water partition coefficient (Wildman–Crippen LogP) is 3.71. The van der Waals surface area contributed by atoms with E-state index in [0.717, 1.165) is 23.8 Å². The first-order valence-electron chi connectivity index (χ1n) is 6.54. The minimum atomic E-state index is 0.608. The second-order valence-electron chi connectivity index (χ2n) is 5.11. The van der Waals surface area contributed by atoms with Gasteiger partial charge < -0.3 is 9.73 Å². The van der Waals surface area contributed by atoms with Crippen LogP contribution in [0.15, 0.2) is 34.7 Å². The molecule has 1 unspecified atom stereocenters. The van der Waals surface area contributed by atoms with Gasteiger partial charge in [0.1, 0.15) is 11.3 Å². The average Bonchev–Trinajstić information content (AvgIpc) is 2.66. The van der Waals surface area contributed by atoms with Crippen molar-refractivity contribution in [2.24, 2.45) is 5.92 Å². The molecule has 0 spiro atoms. The van der Waals surface area contributed by atoms with Crippen LogP contribution < -0.4 is 5.32 Å². The van der Waals surface area contributed by atoms with Crippen LogP contribution in [0, 0.1) is 5.92 Å². The van der Waals surface area contributed by atoms with Crippen LogP contribution in [0.5, 0.6) is 0 Å². The van der Waals surface area contributed by atoms with E-state index in [1.54, 1.807) is 0 Å². The normalized spacial score (nSPS) is 18.2. The molecule has 0 amide bonds. The highest BCUT2D eigenvalue weighted by Gasteiger charge is 2.23. The van der Waals surface area contributed by atoms with E-state index in [4.69, 9.17) is 4.42 Å². The van der Waals surface area contributed by atoms with Gasteiger partial charge in [0.2, 0.25) is 0 Å². The van der Waals surface area contributed by atoms with Gasteiger partial charge >= 0.3 is 0 Å². The van der Waals surface area contributed by atoms with E-state index in [1.165, 1.54) is 24.6 Å². The van der Waals surface area contributed by atoms with Gasteiger partial charge in [0, 0.05) is 11.4 Å². The molecule has 0 radical (unpaired) electrons. The zero-order valence-electron chi connectivity index (χ0n) is 10.3. The average molecular weight is 229 g/mol. The highest BCUT2D eigenvalue weighted by atomic mass is 16.3. The molecule has 1 aliphatic rings. The summed E-state index contributed by atoms with van der Waals surface area (Å²) in [7, 11) is 0. The topological polar surface area (TPSA) is 25.2 Å². The molecule has 1 aromatic carbocycles. The van der Waals surface area contributed by atoms with Crippen molar-refractivity contribution in [3.05, 3.63) is 36.1 Å². The summed E-state index contributed by atoms with van der Waals surface area (Å²) in [5, 5.41) is 4.76. The number of hydrogen-bond acceptors (Lipinski definition) is 2. The molecule has 0 aliphatic heterocycles. The quantitative estimate of drug-likeness (QED) is 0.864. The van der Waals surface area contributed by atoms with Crippen molar-refractivity contribution >= 4 is 11.0 Å². The van der Waals surface area contributed by atoms with E-state index in [-0.39, 0.29) is 0 Å². The number of rotatable bonds is 4. The second-order valence-corrected chi connectivity index (χ2v) is 5.11. The van der Waals surface area contributed by atoms with E-state index >= 15 is 0 Å². The zero-order chi connectivity index (χ0) is 11.7. The number of hydrogen-bond donors (Lipinski definition) is 1.